The summed E-state index contributed by atoms with van der Waals surface area (Å²) in [5.41, 5.74) is 0.879. The molecule has 1 saturated heterocycles. The lowest BCUT2D eigenvalue weighted by atomic mass is 10.1. The molecule has 18 heavy (non-hydrogen) atoms. The number of hydrogen-bond acceptors (Lipinski definition) is 4. The fraction of sp³-hybridized carbons (Fsp3) is 0.500. The highest BCUT2D eigenvalue weighted by molar-refractivity contribution is 9.10. The Balaban J connectivity index is 1.88. The summed E-state index contributed by atoms with van der Waals surface area (Å²) in [6.07, 6.45) is 4.34. The molecule has 0 saturated carbocycles. The number of aromatic nitrogens is 3. The number of halogens is 1. The standard InChI is InChI=1S/C12H16BrN5/c1-17(10-3-2-6-14-7-10)12-15-11-5-4-9(13)8-18(11)16-12/h4-5,8,10,14H,2-3,6-7H2,1H3. The second-order valence-corrected chi connectivity index (χ2v) is 5.59. The molecule has 1 aliphatic heterocycles. The van der Waals surface area contributed by atoms with Crippen LogP contribution in [-0.4, -0.2) is 40.8 Å². The number of fused-ring (bicyclic) bond motifs is 1. The topological polar surface area (TPSA) is 45.5 Å². The molecule has 3 heterocycles. The third kappa shape index (κ3) is 2.22. The lowest BCUT2D eigenvalue weighted by Crippen LogP contribution is -2.44. The third-order valence-electron chi connectivity index (χ3n) is 3.42. The smallest absolute Gasteiger partial charge is 0.245 e. The molecule has 1 atom stereocenters. The zero-order valence-corrected chi connectivity index (χ0v) is 11.9. The molecular weight excluding hydrogens is 294 g/mol. The van der Waals surface area contributed by atoms with Crippen LogP contribution in [0.3, 0.4) is 0 Å². The van der Waals surface area contributed by atoms with E-state index in [1.54, 1.807) is 0 Å². The van der Waals surface area contributed by atoms with E-state index in [4.69, 9.17) is 0 Å². The van der Waals surface area contributed by atoms with E-state index in [2.05, 4.69) is 43.3 Å². The zero-order chi connectivity index (χ0) is 12.5. The number of piperidine rings is 1. The maximum atomic E-state index is 4.56. The van der Waals surface area contributed by atoms with Gasteiger partial charge < -0.3 is 10.2 Å². The minimum Gasteiger partial charge on any atom is -0.338 e. The first-order valence-corrected chi connectivity index (χ1v) is 6.99. The van der Waals surface area contributed by atoms with Crippen molar-refractivity contribution in [2.75, 3.05) is 25.0 Å². The molecule has 1 aliphatic rings. The number of pyridine rings is 1. The molecule has 96 valence electrons. The van der Waals surface area contributed by atoms with Gasteiger partial charge in [0.05, 0.1) is 0 Å². The summed E-state index contributed by atoms with van der Waals surface area (Å²) in [5, 5.41) is 7.94. The van der Waals surface area contributed by atoms with Crippen LogP contribution in [0.5, 0.6) is 0 Å². The molecular formula is C12H16BrN5. The summed E-state index contributed by atoms with van der Waals surface area (Å²) in [6, 6.07) is 4.43. The van der Waals surface area contributed by atoms with Gasteiger partial charge in [0.15, 0.2) is 5.65 Å². The van der Waals surface area contributed by atoms with E-state index in [9.17, 15) is 0 Å². The van der Waals surface area contributed by atoms with Crippen molar-refractivity contribution >= 4 is 27.5 Å². The van der Waals surface area contributed by atoms with Crippen molar-refractivity contribution in [3.05, 3.63) is 22.8 Å². The molecule has 0 aromatic carbocycles. The molecule has 0 amide bonds. The first-order valence-electron chi connectivity index (χ1n) is 6.19. The Hall–Kier alpha value is -1.14. The van der Waals surface area contributed by atoms with Crippen LogP contribution in [0, 0.1) is 0 Å². The van der Waals surface area contributed by atoms with Crippen LogP contribution >= 0.6 is 15.9 Å². The highest BCUT2D eigenvalue weighted by Gasteiger charge is 2.20. The van der Waals surface area contributed by atoms with Crippen LogP contribution in [0.15, 0.2) is 22.8 Å². The summed E-state index contributed by atoms with van der Waals surface area (Å²) in [4.78, 5) is 6.73. The molecule has 1 N–H and O–H groups in total. The van der Waals surface area contributed by atoms with Gasteiger partial charge in [-0.15, -0.1) is 5.10 Å². The van der Waals surface area contributed by atoms with Gasteiger partial charge in [0.25, 0.3) is 0 Å². The van der Waals surface area contributed by atoms with Gasteiger partial charge in [0, 0.05) is 30.3 Å². The van der Waals surface area contributed by atoms with E-state index in [1.165, 1.54) is 12.8 Å². The fourth-order valence-electron chi connectivity index (χ4n) is 2.32. The van der Waals surface area contributed by atoms with Crippen LogP contribution in [0.4, 0.5) is 5.95 Å². The molecule has 5 nitrogen and oxygen atoms in total. The van der Waals surface area contributed by atoms with Gasteiger partial charge in [0.2, 0.25) is 5.95 Å². The SMILES string of the molecule is CN(c1nc2ccc(Br)cn2n1)C1CCCNC1. The first kappa shape index (κ1) is 11.9. The largest absolute Gasteiger partial charge is 0.338 e. The number of rotatable bonds is 2. The quantitative estimate of drug-likeness (QED) is 0.917. The van der Waals surface area contributed by atoms with Gasteiger partial charge in [-0.25, -0.2) is 4.52 Å². The van der Waals surface area contributed by atoms with Gasteiger partial charge >= 0.3 is 0 Å². The average molecular weight is 310 g/mol. The maximum Gasteiger partial charge on any atom is 0.245 e. The van der Waals surface area contributed by atoms with Crippen molar-refractivity contribution < 1.29 is 0 Å². The summed E-state index contributed by atoms with van der Waals surface area (Å²) in [7, 11) is 2.07. The van der Waals surface area contributed by atoms with E-state index in [-0.39, 0.29) is 0 Å². The number of nitrogens with zero attached hydrogens (tertiary/aromatic N) is 4. The highest BCUT2D eigenvalue weighted by atomic mass is 79.9. The summed E-state index contributed by atoms with van der Waals surface area (Å²) in [5.74, 6) is 0.793. The Morgan fingerprint density at radius 3 is 3.17 bits per heavy atom. The van der Waals surface area contributed by atoms with Gasteiger partial charge in [-0.3, -0.25) is 0 Å². The van der Waals surface area contributed by atoms with Crippen molar-refractivity contribution in [2.24, 2.45) is 0 Å². The molecule has 2 aromatic rings. The molecule has 6 heteroatoms. The van der Waals surface area contributed by atoms with Gasteiger partial charge in [-0.05, 0) is 47.4 Å². The van der Waals surface area contributed by atoms with E-state index in [0.717, 1.165) is 29.2 Å². The van der Waals surface area contributed by atoms with Crippen molar-refractivity contribution in [1.29, 1.82) is 0 Å². The second-order valence-electron chi connectivity index (χ2n) is 4.67. The summed E-state index contributed by atoms with van der Waals surface area (Å²) >= 11 is 3.44. The van der Waals surface area contributed by atoms with Gasteiger partial charge in [0.1, 0.15) is 0 Å². The van der Waals surface area contributed by atoms with Crippen LogP contribution in [0.2, 0.25) is 0 Å². The lowest BCUT2D eigenvalue weighted by Gasteiger charge is -2.30. The predicted octanol–water partition coefficient (Wildman–Crippen LogP) is 1.68. The Morgan fingerprint density at radius 2 is 2.39 bits per heavy atom. The van der Waals surface area contributed by atoms with Crippen molar-refractivity contribution in [3.8, 4) is 0 Å². The minimum atomic E-state index is 0.486. The van der Waals surface area contributed by atoms with Gasteiger partial charge in [-0.1, -0.05) is 0 Å². The van der Waals surface area contributed by atoms with E-state index < -0.39 is 0 Å². The summed E-state index contributed by atoms with van der Waals surface area (Å²) in [6.45, 7) is 2.13. The number of likely N-dealkylation sites (N-methyl/N-ethyl adjacent to an activating group) is 1. The first-order chi connectivity index (χ1) is 8.74. The molecule has 0 aliphatic carbocycles. The monoisotopic (exact) mass is 309 g/mol. The van der Waals surface area contributed by atoms with Crippen LogP contribution in [0.1, 0.15) is 12.8 Å². The number of nitrogens with one attached hydrogen (secondary N) is 1. The van der Waals surface area contributed by atoms with Crippen molar-refractivity contribution in [1.82, 2.24) is 19.9 Å². The highest BCUT2D eigenvalue weighted by Crippen LogP contribution is 2.17. The fourth-order valence-corrected chi connectivity index (χ4v) is 2.65. The molecule has 1 unspecified atom stereocenters. The van der Waals surface area contributed by atoms with Gasteiger partial charge in [-0.2, -0.15) is 4.98 Å². The summed E-state index contributed by atoms with van der Waals surface area (Å²) < 4.78 is 2.82. The van der Waals surface area contributed by atoms with Crippen LogP contribution in [0.25, 0.3) is 5.65 Å². The Bertz CT molecular complexity index is 546. The van der Waals surface area contributed by atoms with E-state index in [1.807, 2.05) is 22.8 Å². The average Bonchev–Trinajstić information content (AvgIpc) is 2.81. The molecule has 1 fully saturated rings. The van der Waals surface area contributed by atoms with Crippen LogP contribution < -0.4 is 10.2 Å². The maximum absolute atomic E-state index is 4.56. The Labute approximate surface area is 114 Å². The lowest BCUT2D eigenvalue weighted by molar-refractivity contribution is 0.441. The van der Waals surface area contributed by atoms with Crippen molar-refractivity contribution in [3.63, 3.8) is 0 Å². The molecule has 3 rings (SSSR count). The minimum absolute atomic E-state index is 0.486. The van der Waals surface area contributed by atoms with E-state index >= 15 is 0 Å². The van der Waals surface area contributed by atoms with Crippen molar-refractivity contribution in [2.45, 2.75) is 18.9 Å². The molecule has 2 aromatic heterocycles. The second kappa shape index (κ2) is 4.85. The molecule has 0 spiro atoms. The normalized spacial score (nSPS) is 20.2. The van der Waals surface area contributed by atoms with E-state index in [0.29, 0.717) is 6.04 Å². The molecule has 0 radical (unpaired) electrons. The Kier molecular flexibility index (Phi) is 3.22. The number of anilines is 1. The Morgan fingerprint density at radius 1 is 1.50 bits per heavy atom. The predicted molar refractivity (Wildman–Crippen MR) is 75.0 cm³/mol. The zero-order valence-electron chi connectivity index (χ0n) is 10.3. The number of hydrogen-bond donors (Lipinski definition) is 1. The third-order valence-corrected chi connectivity index (χ3v) is 3.89. The van der Waals surface area contributed by atoms with Crippen LogP contribution in [-0.2, 0) is 0 Å². The molecule has 0 bridgehead atoms.